The summed E-state index contributed by atoms with van der Waals surface area (Å²) in [4.78, 5) is 22.7. The lowest BCUT2D eigenvalue weighted by Crippen LogP contribution is -2.48. The zero-order valence-corrected chi connectivity index (χ0v) is 22.6. The molecule has 0 radical (unpaired) electrons. The highest BCUT2D eigenvalue weighted by Gasteiger charge is 2.57. The highest BCUT2D eigenvalue weighted by molar-refractivity contribution is 5.66. The van der Waals surface area contributed by atoms with Gasteiger partial charge in [-0.05, 0) is 91.9 Å². The van der Waals surface area contributed by atoms with E-state index < -0.39 is 0 Å². The molecule has 0 bridgehead atoms. The van der Waals surface area contributed by atoms with Crippen LogP contribution in [0.1, 0.15) is 115 Å². The van der Waals surface area contributed by atoms with Gasteiger partial charge in [0.1, 0.15) is 11.9 Å². The third kappa shape index (κ3) is 6.08. The molecule has 0 spiro atoms. The van der Waals surface area contributed by atoms with Crippen LogP contribution in [0.2, 0.25) is 0 Å². The van der Waals surface area contributed by atoms with Crippen molar-refractivity contribution in [1.82, 2.24) is 0 Å². The van der Waals surface area contributed by atoms with Gasteiger partial charge in [0.15, 0.2) is 0 Å². The topological polar surface area (TPSA) is 72.8 Å². The van der Waals surface area contributed by atoms with Crippen LogP contribution in [0.15, 0.2) is 18.2 Å². The van der Waals surface area contributed by atoms with E-state index in [9.17, 15) is 14.7 Å². The fourth-order valence-electron chi connectivity index (χ4n) is 8.01. The van der Waals surface area contributed by atoms with Crippen LogP contribution >= 0.6 is 0 Å². The first-order valence-electron chi connectivity index (χ1n) is 14.4. The molecule has 5 heteroatoms. The summed E-state index contributed by atoms with van der Waals surface area (Å²) in [6, 6.07) is 6.06. The van der Waals surface area contributed by atoms with Crippen LogP contribution in [-0.2, 0) is 25.5 Å². The molecule has 1 aromatic rings. The number of carbonyl (C=O) groups excluding carboxylic acids is 2. The van der Waals surface area contributed by atoms with Crippen LogP contribution in [0.5, 0.6) is 5.75 Å². The zero-order chi connectivity index (χ0) is 25.7. The molecule has 0 amide bonds. The average molecular weight is 499 g/mol. The Bertz CT molecular complexity index is 910. The zero-order valence-electron chi connectivity index (χ0n) is 22.6. The summed E-state index contributed by atoms with van der Waals surface area (Å²) in [6.45, 7) is 5.96. The van der Waals surface area contributed by atoms with Crippen molar-refractivity contribution < 1.29 is 24.2 Å². The lowest BCUT2D eigenvalue weighted by molar-refractivity contribution is -0.155. The molecule has 36 heavy (non-hydrogen) atoms. The molecule has 0 unspecified atom stereocenters. The molecule has 0 aromatic heterocycles. The quantitative estimate of drug-likeness (QED) is 0.260. The van der Waals surface area contributed by atoms with Crippen molar-refractivity contribution in [2.75, 3.05) is 6.61 Å². The molecule has 200 valence electrons. The molecule has 1 aromatic carbocycles. The number of rotatable bonds is 11. The Morgan fingerprint density at radius 3 is 2.42 bits per heavy atom. The summed E-state index contributed by atoms with van der Waals surface area (Å²) in [7, 11) is 0. The minimum atomic E-state index is -0.185. The molecule has 0 heterocycles. The molecule has 2 fully saturated rings. The van der Waals surface area contributed by atoms with Gasteiger partial charge in [-0.2, -0.15) is 0 Å². The number of aromatic hydroxyl groups is 1. The molecule has 4 rings (SSSR count). The van der Waals surface area contributed by atoms with Crippen molar-refractivity contribution in [2.24, 2.45) is 23.2 Å². The van der Waals surface area contributed by atoms with Crippen molar-refractivity contribution >= 4 is 11.9 Å². The Hall–Kier alpha value is -2.04. The van der Waals surface area contributed by atoms with Gasteiger partial charge in [-0.25, -0.2) is 0 Å². The Morgan fingerprint density at radius 1 is 0.972 bits per heavy atom. The summed E-state index contributed by atoms with van der Waals surface area (Å²) in [5.41, 5.74) is 2.90. The lowest BCUT2D eigenvalue weighted by Gasteiger charge is -2.53. The molecular formula is C31H46O5. The summed E-state index contributed by atoms with van der Waals surface area (Å²) in [5, 5.41) is 10.2. The van der Waals surface area contributed by atoms with E-state index in [0.29, 0.717) is 36.0 Å². The van der Waals surface area contributed by atoms with Gasteiger partial charge in [-0.15, -0.1) is 0 Å². The van der Waals surface area contributed by atoms with E-state index in [-0.39, 0.29) is 23.5 Å². The van der Waals surface area contributed by atoms with Crippen LogP contribution in [0, 0.1) is 23.2 Å². The maximum Gasteiger partial charge on any atom is 0.302 e. The highest BCUT2D eigenvalue weighted by Crippen LogP contribution is 2.63. The third-order valence-corrected chi connectivity index (χ3v) is 9.63. The van der Waals surface area contributed by atoms with E-state index in [1.807, 2.05) is 12.1 Å². The largest absolute Gasteiger partial charge is 0.508 e. The summed E-state index contributed by atoms with van der Waals surface area (Å²) < 4.78 is 10.9. The monoisotopic (exact) mass is 498 g/mol. The van der Waals surface area contributed by atoms with E-state index in [2.05, 4.69) is 13.0 Å². The number of ether oxygens (including phenoxy) is 2. The molecule has 0 saturated heterocycles. The smallest absolute Gasteiger partial charge is 0.302 e. The fraction of sp³-hybridized carbons (Fsp3) is 0.742. The Kier molecular flexibility index (Phi) is 9.00. The predicted octanol–water partition coefficient (Wildman–Crippen LogP) is 7.09. The number of benzene rings is 1. The number of carbonyl (C=O) groups is 2. The predicted molar refractivity (Wildman–Crippen MR) is 141 cm³/mol. The molecule has 3 aliphatic rings. The van der Waals surface area contributed by atoms with Gasteiger partial charge in [-0.1, -0.05) is 51.5 Å². The normalized spacial score (nSPS) is 30.7. The van der Waals surface area contributed by atoms with Crippen molar-refractivity contribution in [2.45, 2.75) is 116 Å². The minimum Gasteiger partial charge on any atom is -0.508 e. The number of unbranched alkanes of at least 4 members (excludes halogenated alkanes) is 6. The van der Waals surface area contributed by atoms with Crippen LogP contribution in [-0.4, -0.2) is 29.8 Å². The van der Waals surface area contributed by atoms with Crippen molar-refractivity contribution in [3.05, 3.63) is 29.3 Å². The fourth-order valence-corrected chi connectivity index (χ4v) is 8.01. The number of fused-ring (bicyclic) bond motifs is 5. The molecular weight excluding hydrogens is 452 g/mol. The van der Waals surface area contributed by atoms with Gasteiger partial charge in [0, 0.05) is 19.3 Å². The second-order valence-corrected chi connectivity index (χ2v) is 12.0. The van der Waals surface area contributed by atoms with E-state index in [1.165, 1.54) is 56.6 Å². The number of phenols is 1. The number of phenolic OH excluding ortho intramolecular Hbond substituents is 1. The van der Waals surface area contributed by atoms with Gasteiger partial charge in [0.25, 0.3) is 0 Å². The van der Waals surface area contributed by atoms with E-state index in [1.54, 1.807) is 6.92 Å². The maximum atomic E-state index is 11.8. The number of hydrogen-bond acceptors (Lipinski definition) is 5. The molecule has 6 atom stereocenters. The Morgan fingerprint density at radius 2 is 1.69 bits per heavy atom. The van der Waals surface area contributed by atoms with E-state index >= 15 is 0 Å². The third-order valence-electron chi connectivity index (χ3n) is 9.63. The van der Waals surface area contributed by atoms with E-state index in [4.69, 9.17) is 9.47 Å². The lowest BCUT2D eigenvalue weighted by atomic mass is 9.52. The maximum absolute atomic E-state index is 11.8. The van der Waals surface area contributed by atoms with Gasteiger partial charge < -0.3 is 14.6 Å². The van der Waals surface area contributed by atoms with Gasteiger partial charge in [0.2, 0.25) is 0 Å². The van der Waals surface area contributed by atoms with Crippen LogP contribution in [0.3, 0.4) is 0 Å². The minimum absolute atomic E-state index is 0.0589. The SMILES string of the molecule is CC(=O)OCCCCCCCCC[C@@H]1Cc2cc(O)ccc2[C@H]2CC[C@]3(C)[C@@H](OC(C)=O)CC[C@H]3[C@H]12. The molecule has 1 N–H and O–H groups in total. The van der Waals surface area contributed by atoms with Crippen molar-refractivity contribution in [1.29, 1.82) is 0 Å². The molecule has 2 saturated carbocycles. The summed E-state index contributed by atoms with van der Waals surface area (Å²) in [5.74, 6) is 2.50. The van der Waals surface area contributed by atoms with Crippen LogP contribution in [0.4, 0.5) is 0 Å². The van der Waals surface area contributed by atoms with E-state index in [0.717, 1.165) is 44.9 Å². The molecule has 0 aliphatic heterocycles. The molecule has 5 nitrogen and oxygen atoms in total. The summed E-state index contributed by atoms with van der Waals surface area (Å²) in [6.07, 6.45) is 15.1. The van der Waals surface area contributed by atoms with Crippen molar-refractivity contribution in [3.63, 3.8) is 0 Å². The van der Waals surface area contributed by atoms with Gasteiger partial charge in [0.05, 0.1) is 6.61 Å². The first-order valence-corrected chi connectivity index (χ1v) is 14.4. The van der Waals surface area contributed by atoms with Gasteiger partial charge in [-0.3, -0.25) is 9.59 Å². The van der Waals surface area contributed by atoms with Gasteiger partial charge >= 0.3 is 11.9 Å². The van der Waals surface area contributed by atoms with Crippen LogP contribution < -0.4 is 0 Å². The number of esters is 2. The molecule has 3 aliphatic carbocycles. The Balaban J connectivity index is 1.35. The first kappa shape index (κ1) is 27.0. The summed E-state index contributed by atoms with van der Waals surface area (Å²) >= 11 is 0. The van der Waals surface area contributed by atoms with Crippen molar-refractivity contribution in [3.8, 4) is 5.75 Å². The Labute approximate surface area is 217 Å². The highest BCUT2D eigenvalue weighted by atomic mass is 16.5. The standard InChI is InChI=1S/C31H46O5/c1-21(32)35-18-10-8-6-4-5-7-9-11-23-19-24-20-25(34)12-13-26(24)27-16-17-31(3)28(30(23)27)14-15-29(31)36-22(2)33/h12-13,20,23,27-30,34H,4-11,14-19H2,1-3H3/t23-,27-,28+,29+,30-,31+/m1/s1. The second-order valence-electron chi connectivity index (χ2n) is 12.0. The number of hydrogen-bond donors (Lipinski definition) is 1. The first-order chi connectivity index (χ1) is 17.3. The van der Waals surface area contributed by atoms with Crippen LogP contribution in [0.25, 0.3) is 0 Å². The average Bonchev–Trinajstić information content (AvgIpc) is 3.15. The second kappa shape index (κ2) is 12.0.